The lowest BCUT2D eigenvalue weighted by Gasteiger charge is -2.18. The molecule has 3 rings (SSSR count). The summed E-state index contributed by atoms with van der Waals surface area (Å²) in [5.41, 5.74) is 9.20. The third kappa shape index (κ3) is 4.58. The number of hydrogen-bond acceptors (Lipinski definition) is 9. The first-order chi connectivity index (χ1) is 14.5. The van der Waals surface area contributed by atoms with Crippen molar-refractivity contribution in [3.63, 3.8) is 0 Å². The van der Waals surface area contributed by atoms with Crippen LogP contribution in [0.15, 0.2) is 27.9 Å². The van der Waals surface area contributed by atoms with Gasteiger partial charge in [-0.1, -0.05) is 48.3 Å². The molecule has 0 bridgehead atoms. The van der Waals surface area contributed by atoms with E-state index in [0.717, 1.165) is 13.1 Å². The molecule has 2 heterocycles. The average molecular weight is 452 g/mol. The summed E-state index contributed by atoms with van der Waals surface area (Å²) in [5.74, 6) is -0.396. The van der Waals surface area contributed by atoms with Crippen LogP contribution in [0.1, 0.15) is 35.6 Å². The molecule has 13 heteroatoms. The van der Waals surface area contributed by atoms with Crippen molar-refractivity contribution in [2.45, 2.75) is 20.4 Å². The second-order valence-corrected chi connectivity index (χ2v) is 6.88. The topological polar surface area (TPSA) is 140 Å². The minimum atomic E-state index is -0.571. The van der Waals surface area contributed by atoms with Crippen LogP contribution in [0.25, 0.3) is 5.82 Å². The van der Waals surface area contributed by atoms with Crippen LogP contribution in [0.4, 0.5) is 5.82 Å². The summed E-state index contributed by atoms with van der Waals surface area (Å²) < 4.78 is 5.97. The summed E-state index contributed by atoms with van der Waals surface area (Å²) in [6.07, 6.45) is 1.36. The number of anilines is 1. The summed E-state index contributed by atoms with van der Waals surface area (Å²) in [6.45, 7) is 5.87. The maximum absolute atomic E-state index is 12.7. The molecule has 3 aromatic rings. The number of benzene rings is 1. The molecule has 30 heavy (non-hydrogen) atoms. The first-order valence-electron chi connectivity index (χ1n) is 8.98. The van der Waals surface area contributed by atoms with Crippen molar-refractivity contribution in [2.24, 2.45) is 5.10 Å². The second-order valence-electron chi connectivity index (χ2n) is 6.07. The van der Waals surface area contributed by atoms with Gasteiger partial charge in [0.2, 0.25) is 11.6 Å². The van der Waals surface area contributed by atoms with Crippen molar-refractivity contribution in [1.82, 2.24) is 35.6 Å². The molecule has 0 aliphatic heterocycles. The average Bonchev–Trinajstić information content (AvgIpc) is 3.33. The number of hydrazone groups is 1. The van der Waals surface area contributed by atoms with E-state index in [1.807, 2.05) is 13.8 Å². The van der Waals surface area contributed by atoms with Crippen LogP contribution in [0.5, 0.6) is 0 Å². The summed E-state index contributed by atoms with van der Waals surface area (Å²) >= 11 is 12.2. The fourth-order valence-electron chi connectivity index (χ4n) is 2.63. The number of carbonyl (C=O) groups is 1. The molecule has 0 radical (unpaired) electrons. The van der Waals surface area contributed by atoms with Gasteiger partial charge in [-0.15, -0.1) is 5.10 Å². The lowest BCUT2D eigenvalue weighted by Crippen LogP contribution is -2.27. The third-order valence-electron chi connectivity index (χ3n) is 4.30. The summed E-state index contributed by atoms with van der Waals surface area (Å²) in [6, 6.07) is 5.05. The highest BCUT2D eigenvalue weighted by atomic mass is 35.5. The number of rotatable bonds is 8. The van der Waals surface area contributed by atoms with E-state index >= 15 is 0 Å². The lowest BCUT2D eigenvalue weighted by atomic mass is 10.2. The van der Waals surface area contributed by atoms with Crippen LogP contribution < -0.4 is 11.2 Å². The van der Waals surface area contributed by atoms with E-state index in [-0.39, 0.29) is 17.3 Å². The van der Waals surface area contributed by atoms with Crippen molar-refractivity contribution in [2.75, 3.05) is 18.8 Å². The van der Waals surface area contributed by atoms with Gasteiger partial charge in [-0.3, -0.25) is 9.69 Å². The van der Waals surface area contributed by atoms with Crippen molar-refractivity contribution in [1.29, 1.82) is 0 Å². The largest absolute Gasteiger partial charge is 0.378 e. The number of nitrogens with one attached hydrogen (secondary N) is 1. The van der Waals surface area contributed by atoms with Gasteiger partial charge in [0.05, 0.1) is 22.0 Å². The molecule has 0 saturated heterocycles. The number of nitrogen functional groups attached to an aromatic ring is 1. The van der Waals surface area contributed by atoms with Gasteiger partial charge in [0.25, 0.3) is 5.91 Å². The molecule has 1 aromatic carbocycles. The maximum atomic E-state index is 12.7. The Morgan fingerprint density at radius 2 is 2.00 bits per heavy atom. The van der Waals surface area contributed by atoms with Crippen molar-refractivity contribution in [3.05, 3.63) is 45.2 Å². The van der Waals surface area contributed by atoms with Gasteiger partial charge in [0.1, 0.15) is 0 Å². The SMILES string of the molecule is CCN(CC)Cc1c(C(=O)NN=Cc2c(Cl)cccc2Cl)nnn1-c1nonc1N. The predicted octanol–water partition coefficient (Wildman–Crippen LogP) is 2.15. The zero-order valence-corrected chi connectivity index (χ0v) is 17.7. The minimum absolute atomic E-state index is 0.0269. The molecule has 0 saturated carbocycles. The molecule has 11 nitrogen and oxygen atoms in total. The molecule has 0 spiro atoms. The maximum Gasteiger partial charge on any atom is 0.293 e. The van der Waals surface area contributed by atoms with Crippen molar-refractivity contribution in [3.8, 4) is 5.82 Å². The molecule has 2 aromatic heterocycles. The standard InChI is InChI=1S/C17H19Cl2N9O2/c1-3-27(4-2)9-13-14(22-26-28(13)16-15(20)24-30-25-16)17(29)23-21-8-10-11(18)6-5-7-12(10)19/h5-8H,3-4,9H2,1-2H3,(H2,20,24)(H,23,29). The number of nitrogens with zero attached hydrogens (tertiary/aromatic N) is 7. The minimum Gasteiger partial charge on any atom is -0.378 e. The number of aromatic nitrogens is 5. The molecular weight excluding hydrogens is 433 g/mol. The Kier molecular flexibility index (Phi) is 6.98. The van der Waals surface area contributed by atoms with Gasteiger partial charge in [-0.25, -0.2) is 10.1 Å². The highest BCUT2D eigenvalue weighted by molar-refractivity contribution is 6.38. The van der Waals surface area contributed by atoms with Gasteiger partial charge < -0.3 is 5.73 Å². The van der Waals surface area contributed by atoms with E-state index in [2.05, 4.69) is 40.7 Å². The van der Waals surface area contributed by atoms with Crippen LogP contribution in [0.3, 0.4) is 0 Å². The van der Waals surface area contributed by atoms with Crippen LogP contribution >= 0.6 is 23.2 Å². The summed E-state index contributed by atoms with van der Waals surface area (Å²) in [7, 11) is 0. The number of nitrogens with two attached hydrogens (primary N) is 1. The molecule has 3 N–H and O–H groups in total. The Morgan fingerprint density at radius 3 is 2.60 bits per heavy atom. The lowest BCUT2D eigenvalue weighted by molar-refractivity contribution is 0.0948. The Labute approximate surface area is 181 Å². The molecular formula is C17H19Cl2N9O2. The van der Waals surface area contributed by atoms with E-state index in [9.17, 15) is 4.79 Å². The van der Waals surface area contributed by atoms with Crippen LogP contribution in [0, 0.1) is 0 Å². The highest BCUT2D eigenvalue weighted by Crippen LogP contribution is 2.22. The number of carbonyl (C=O) groups excluding carboxylic acids is 1. The Balaban J connectivity index is 1.89. The van der Waals surface area contributed by atoms with Crippen molar-refractivity contribution >= 4 is 41.1 Å². The van der Waals surface area contributed by atoms with Crippen LogP contribution in [0.2, 0.25) is 10.0 Å². The molecule has 1 amide bonds. The zero-order valence-electron chi connectivity index (χ0n) is 16.2. The van der Waals surface area contributed by atoms with Gasteiger partial charge >= 0.3 is 0 Å². The van der Waals surface area contributed by atoms with Crippen LogP contribution in [-0.2, 0) is 6.54 Å². The summed E-state index contributed by atoms with van der Waals surface area (Å²) in [5, 5.41) is 20.0. The van der Waals surface area contributed by atoms with Gasteiger partial charge in [0.15, 0.2) is 5.69 Å². The first kappa shape index (κ1) is 21.7. The molecule has 0 aliphatic carbocycles. The normalized spacial score (nSPS) is 11.5. The highest BCUT2D eigenvalue weighted by Gasteiger charge is 2.25. The Hall–Kier alpha value is -3.02. The fraction of sp³-hybridized carbons (Fsp3) is 0.294. The quantitative estimate of drug-likeness (QED) is 0.391. The van der Waals surface area contributed by atoms with E-state index in [1.165, 1.54) is 10.9 Å². The van der Waals surface area contributed by atoms with Gasteiger partial charge in [0, 0.05) is 12.1 Å². The molecule has 0 aliphatic rings. The Morgan fingerprint density at radius 1 is 1.30 bits per heavy atom. The second kappa shape index (κ2) is 9.65. The number of amides is 1. The number of hydrogen-bond donors (Lipinski definition) is 2. The van der Waals surface area contributed by atoms with E-state index in [1.54, 1.807) is 18.2 Å². The zero-order chi connectivity index (χ0) is 21.7. The van der Waals surface area contributed by atoms with Crippen molar-refractivity contribution < 1.29 is 9.42 Å². The van der Waals surface area contributed by atoms with Gasteiger partial charge in [-0.2, -0.15) is 9.78 Å². The smallest absolute Gasteiger partial charge is 0.293 e. The molecule has 158 valence electrons. The Bertz CT molecular complexity index is 1040. The third-order valence-corrected chi connectivity index (χ3v) is 4.96. The predicted molar refractivity (Wildman–Crippen MR) is 112 cm³/mol. The van der Waals surface area contributed by atoms with E-state index in [4.69, 9.17) is 28.9 Å². The van der Waals surface area contributed by atoms with Crippen LogP contribution in [-0.4, -0.2) is 55.4 Å². The first-order valence-corrected chi connectivity index (χ1v) is 9.74. The summed E-state index contributed by atoms with van der Waals surface area (Å²) in [4.78, 5) is 14.8. The van der Waals surface area contributed by atoms with E-state index < -0.39 is 5.91 Å². The molecule has 0 unspecified atom stereocenters. The van der Waals surface area contributed by atoms with Gasteiger partial charge in [-0.05, 0) is 35.5 Å². The number of halogens is 2. The molecule has 0 atom stereocenters. The van der Waals surface area contributed by atoms with E-state index in [0.29, 0.717) is 27.8 Å². The monoisotopic (exact) mass is 451 g/mol. The molecule has 0 fully saturated rings. The fourth-order valence-corrected chi connectivity index (χ4v) is 3.12.